The van der Waals surface area contributed by atoms with Gasteiger partial charge in [-0.25, -0.2) is 0 Å². The number of carboxylic acids is 1. The third-order valence-corrected chi connectivity index (χ3v) is 3.81. The molecule has 1 atom stereocenters. The summed E-state index contributed by atoms with van der Waals surface area (Å²) in [7, 11) is 0. The van der Waals surface area contributed by atoms with Gasteiger partial charge in [-0.1, -0.05) is 6.42 Å². The van der Waals surface area contributed by atoms with Crippen molar-refractivity contribution in [2.75, 3.05) is 39.4 Å². The molecule has 2 aliphatic rings. The zero-order valence-corrected chi connectivity index (χ0v) is 11.2. The van der Waals surface area contributed by atoms with E-state index < -0.39 is 12.0 Å². The highest BCUT2D eigenvalue weighted by atomic mass is 16.5. The van der Waals surface area contributed by atoms with Crippen molar-refractivity contribution in [3.05, 3.63) is 0 Å². The van der Waals surface area contributed by atoms with Crippen molar-refractivity contribution < 1.29 is 19.4 Å². The average molecular weight is 270 g/mol. The van der Waals surface area contributed by atoms with Crippen LogP contribution in [-0.2, 0) is 14.3 Å². The predicted molar refractivity (Wildman–Crippen MR) is 68.9 cm³/mol. The molecule has 2 heterocycles. The molecule has 2 saturated heterocycles. The van der Waals surface area contributed by atoms with E-state index in [0.29, 0.717) is 26.3 Å². The lowest BCUT2D eigenvalue weighted by Gasteiger charge is -2.37. The predicted octanol–water partition coefficient (Wildman–Crippen LogP) is 0.174. The second-order valence-electron chi connectivity index (χ2n) is 5.15. The first kappa shape index (κ1) is 14.3. The van der Waals surface area contributed by atoms with Gasteiger partial charge in [0.2, 0.25) is 5.91 Å². The molecule has 2 fully saturated rings. The number of rotatable bonds is 4. The van der Waals surface area contributed by atoms with Gasteiger partial charge in [-0.05, 0) is 25.9 Å². The summed E-state index contributed by atoms with van der Waals surface area (Å²) in [4.78, 5) is 27.3. The normalized spacial score (nSPS) is 23.1. The van der Waals surface area contributed by atoms with Gasteiger partial charge >= 0.3 is 5.97 Å². The standard InChI is InChI=1S/C13H22N2O4/c16-12(17)10-11(14-4-2-1-3-5-14)13(18)15-6-8-19-9-7-15/h11H,1-10H2,(H,16,17). The van der Waals surface area contributed by atoms with Crippen LogP contribution in [-0.4, -0.2) is 72.2 Å². The van der Waals surface area contributed by atoms with Gasteiger partial charge in [0.05, 0.1) is 25.7 Å². The number of carbonyl (C=O) groups excluding carboxylic acids is 1. The van der Waals surface area contributed by atoms with Crippen LogP contribution in [0.1, 0.15) is 25.7 Å². The fourth-order valence-electron chi connectivity index (χ4n) is 2.76. The zero-order valence-electron chi connectivity index (χ0n) is 11.2. The van der Waals surface area contributed by atoms with E-state index in [9.17, 15) is 9.59 Å². The third-order valence-electron chi connectivity index (χ3n) is 3.81. The minimum atomic E-state index is -0.905. The Bertz CT molecular complexity index is 323. The number of likely N-dealkylation sites (tertiary alicyclic amines) is 1. The van der Waals surface area contributed by atoms with Crippen molar-refractivity contribution in [1.29, 1.82) is 0 Å². The minimum Gasteiger partial charge on any atom is -0.481 e. The molecule has 0 aromatic rings. The molecule has 0 aliphatic carbocycles. The van der Waals surface area contributed by atoms with Crippen molar-refractivity contribution in [2.45, 2.75) is 31.7 Å². The molecule has 0 aromatic heterocycles. The van der Waals surface area contributed by atoms with Gasteiger partial charge in [-0.15, -0.1) is 0 Å². The molecule has 108 valence electrons. The molecule has 19 heavy (non-hydrogen) atoms. The van der Waals surface area contributed by atoms with Gasteiger partial charge in [0.15, 0.2) is 0 Å². The van der Waals surface area contributed by atoms with Crippen molar-refractivity contribution >= 4 is 11.9 Å². The highest BCUT2D eigenvalue weighted by molar-refractivity contribution is 5.86. The SMILES string of the molecule is O=C(O)CC(C(=O)N1CCOCC1)N1CCCCC1. The molecule has 2 rings (SSSR count). The second-order valence-corrected chi connectivity index (χ2v) is 5.15. The number of hydrogen-bond acceptors (Lipinski definition) is 4. The summed E-state index contributed by atoms with van der Waals surface area (Å²) in [6, 6.07) is -0.504. The lowest BCUT2D eigenvalue weighted by molar-refractivity contribution is -0.148. The molecule has 6 nitrogen and oxygen atoms in total. The van der Waals surface area contributed by atoms with E-state index in [0.717, 1.165) is 25.9 Å². The number of morpholine rings is 1. The van der Waals surface area contributed by atoms with Gasteiger partial charge in [-0.2, -0.15) is 0 Å². The maximum Gasteiger partial charge on any atom is 0.305 e. The van der Waals surface area contributed by atoms with Crippen LogP contribution in [0.3, 0.4) is 0 Å². The van der Waals surface area contributed by atoms with Crippen LogP contribution >= 0.6 is 0 Å². The molecule has 0 radical (unpaired) electrons. The van der Waals surface area contributed by atoms with Crippen LogP contribution in [0.5, 0.6) is 0 Å². The molecule has 0 aromatic carbocycles. The Labute approximate surface area is 113 Å². The van der Waals surface area contributed by atoms with Gasteiger partial charge in [0.1, 0.15) is 0 Å². The topological polar surface area (TPSA) is 70.1 Å². The molecular formula is C13H22N2O4. The van der Waals surface area contributed by atoms with Crippen LogP contribution in [0.2, 0.25) is 0 Å². The Morgan fingerprint density at radius 3 is 2.26 bits per heavy atom. The first-order valence-electron chi connectivity index (χ1n) is 7.01. The number of carboxylic acid groups (broad SMARTS) is 1. The maximum absolute atomic E-state index is 12.5. The average Bonchev–Trinajstić information content (AvgIpc) is 2.46. The first-order valence-corrected chi connectivity index (χ1v) is 7.01. The monoisotopic (exact) mass is 270 g/mol. The van der Waals surface area contributed by atoms with Crippen molar-refractivity contribution in [2.24, 2.45) is 0 Å². The summed E-state index contributed by atoms with van der Waals surface area (Å²) in [6.07, 6.45) is 3.16. The molecule has 0 saturated carbocycles. The lowest BCUT2D eigenvalue weighted by atomic mass is 10.0. The molecule has 2 aliphatic heterocycles. The third kappa shape index (κ3) is 3.91. The number of amides is 1. The molecule has 1 N–H and O–H groups in total. The Morgan fingerprint density at radius 2 is 1.68 bits per heavy atom. The summed E-state index contributed by atoms with van der Waals surface area (Å²) in [5.41, 5.74) is 0. The van der Waals surface area contributed by atoms with Crippen LogP contribution in [0, 0.1) is 0 Å². The van der Waals surface area contributed by atoms with Crippen molar-refractivity contribution in [1.82, 2.24) is 9.80 Å². The molecule has 1 unspecified atom stereocenters. The second kappa shape index (κ2) is 6.86. The van der Waals surface area contributed by atoms with Gasteiger partial charge in [0, 0.05) is 13.1 Å². The number of carbonyl (C=O) groups is 2. The van der Waals surface area contributed by atoms with E-state index in [2.05, 4.69) is 0 Å². The Kier molecular flexibility index (Phi) is 5.15. The fraction of sp³-hybridized carbons (Fsp3) is 0.846. The van der Waals surface area contributed by atoms with Crippen molar-refractivity contribution in [3.63, 3.8) is 0 Å². The van der Waals surface area contributed by atoms with E-state index in [1.54, 1.807) is 4.90 Å². The minimum absolute atomic E-state index is 0.0485. The molecule has 6 heteroatoms. The Hall–Kier alpha value is -1.14. The van der Waals surface area contributed by atoms with Crippen LogP contribution in [0.4, 0.5) is 0 Å². The van der Waals surface area contributed by atoms with E-state index in [1.165, 1.54) is 6.42 Å². The van der Waals surface area contributed by atoms with Gasteiger partial charge in [0.25, 0.3) is 0 Å². The molecular weight excluding hydrogens is 248 g/mol. The number of piperidine rings is 1. The van der Waals surface area contributed by atoms with Crippen LogP contribution in [0.25, 0.3) is 0 Å². The summed E-state index contributed by atoms with van der Waals surface area (Å²) >= 11 is 0. The molecule has 1 amide bonds. The van der Waals surface area contributed by atoms with Crippen molar-refractivity contribution in [3.8, 4) is 0 Å². The number of hydrogen-bond donors (Lipinski definition) is 1. The van der Waals surface area contributed by atoms with Crippen LogP contribution in [0.15, 0.2) is 0 Å². The smallest absolute Gasteiger partial charge is 0.305 e. The van der Waals surface area contributed by atoms with E-state index in [-0.39, 0.29) is 12.3 Å². The summed E-state index contributed by atoms with van der Waals surface area (Å²) in [5.74, 6) is -0.954. The lowest BCUT2D eigenvalue weighted by Crippen LogP contribution is -2.53. The quantitative estimate of drug-likeness (QED) is 0.789. The van der Waals surface area contributed by atoms with E-state index >= 15 is 0 Å². The maximum atomic E-state index is 12.5. The highest BCUT2D eigenvalue weighted by Crippen LogP contribution is 2.17. The number of ether oxygens (including phenoxy) is 1. The number of nitrogens with zero attached hydrogens (tertiary/aromatic N) is 2. The largest absolute Gasteiger partial charge is 0.481 e. The summed E-state index contributed by atoms with van der Waals surface area (Å²) in [5, 5.41) is 9.04. The van der Waals surface area contributed by atoms with Gasteiger partial charge in [-0.3, -0.25) is 14.5 Å². The Balaban J connectivity index is 2.02. The Morgan fingerprint density at radius 1 is 1.05 bits per heavy atom. The number of aliphatic carboxylic acids is 1. The first-order chi connectivity index (χ1) is 9.18. The van der Waals surface area contributed by atoms with Gasteiger partial charge < -0.3 is 14.7 Å². The van der Waals surface area contributed by atoms with E-state index in [1.807, 2.05) is 4.90 Å². The van der Waals surface area contributed by atoms with Crippen LogP contribution < -0.4 is 0 Å². The van der Waals surface area contributed by atoms with E-state index in [4.69, 9.17) is 9.84 Å². The molecule has 0 spiro atoms. The summed E-state index contributed by atoms with van der Waals surface area (Å²) < 4.78 is 5.23. The zero-order chi connectivity index (χ0) is 13.7. The highest BCUT2D eigenvalue weighted by Gasteiger charge is 2.33. The summed E-state index contributed by atoms with van der Waals surface area (Å²) in [6.45, 7) is 3.89. The molecule has 0 bridgehead atoms. The fourth-order valence-corrected chi connectivity index (χ4v) is 2.76.